The summed E-state index contributed by atoms with van der Waals surface area (Å²) in [4.78, 5) is 6.61. The zero-order chi connectivity index (χ0) is 25.0. The van der Waals surface area contributed by atoms with Gasteiger partial charge in [-0.3, -0.25) is 4.40 Å². The number of hydrogen-bond donors (Lipinski definition) is 2. The smallest absolute Gasteiger partial charge is 0.242 e. The van der Waals surface area contributed by atoms with E-state index < -0.39 is 15.6 Å². The standard InChI is InChI=1S/C24H30ClN3O5S2/c1-14-22(28-11-21(34-23(28)26-14)24(2,3)33-18-12-32-13-18)15-4-9-19(25)20(10-15)35(30,31)27-16-5-7-17(29)8-6-16/h4,9-11,16-18,27,29H,5-8,12-13H2,1-3H3/t16-,17+. The Labute approximate surface area is 214 Å². The number of benzene rings is 1. The number of aromatic nitrogens is 2. The number of halogens is 1. The van der Waals surface area contributed by atoms with E-state index >= 15 is 0 Å². The highest BCUT2D eigenvalue weighted by atomic mass is 35.5. The maximum atomic E-state index is 13.2. The highest BCUT2D eigenvalue weighted by Gasteiger charge is 2.33. The van der Waals surface area contributed by atoms with Crippen molar-refractivity contribution >= 4 is 37.9 Å². The molecule has 2 fully saturated rings. The third-order valence-corrected chi connectivity index (χ3v) is 9.97. The predicted octanol–water partition coefficient (Wildman–Crippen LogP) is 4.26. The molecule has 0 amide bonds. The van der Waals surface area contributed by atoms with Crippen molar-refractivity contribution in [2.45, 2.75) is 75.2 Å². The van der Waals surface area contributed by atoms with Gasteiger partial charge >= 0.3 is 0 Å². The Morgan fingerprint density at radius 3 is 2.63 bits per heavy atom. The number of thiazole rings is 1. The van der Waals surface area contributed by atoms with E-state index in [9.17, 15) is 13.5 Å². The lowest BCUT2D eigenvalue weighted by molar-refractivity contribution is -0.184. The van der Waals surface area contributed by atoms with E-state index in [0.717, 1.165) is 21.2 Å². The van der Waals surface area contributed by atoms with Crippen molar-refractivity contribution in [1.29, 1.82) is 0 Å². The van der Waals surface area contributed by atoms with Crippen LogP contribution in [0.3, 0.4) is 0 Å². The van der Waals surface area contributed by atoms with E-state index in [-0.39, 0.29) is 28.2 Å². The molecule has 35 heavy (non-hydrogen) atoms. The summed E-state index contributed by atoms with van der Waals surface area (Å²) in [5, 5.41) is 9.90. The molecule has 8 nitrogen and oxygen atoms in total. The molecular weight excluding hydrogens is 510 g/mol. The molecule has 1 aromatic carbocycles. The van der Waals surface area contributed by atoms with Gasteiger partial charge in [-0.25, -0.2) is 18.1 Å². The molecule has 0 radical (unpaired) electrons. The SMILES string of the molecule is Cc1nc2sc(C(C)(C)OC3COC3)cn2c1-c1ccc(Cl)c(S(=O)(=O)N[C@H]2CC[C@@H](O)CC2)c1. The Morgan fingerprint density at radius 1 is 1.26 bits per heavy atom. The van der Waals surface area contributed by atoms with Gasteiger partial charge in [-0.1, -0.05) is 29.0 Å². The van der Waals surface area contributed by atoms with Crippen LogP contribution in [0.2, 0.25) is 5.02 Å². The first-order chi connectivity index (χ1) is 16.5. The summed E-state index contributed by atoms with van der Waals surface area (Å²) in [6.45, 7) is 7.19. The molecule has 1 aliphatic heterocycles. The maximum Gasteiger partial charge on any atom is 0.242 e. The molecule has 11 heteroatoms. The largest absolute Gasteiger partial charge is 0.393 e. The molecule has 190 valence electrons. The van der Waals surface area contributed by atoms with Crippen molar-refractivity contribution in [3.05, 3.63) is 40.0 Å². The minimum absolute atomic E-state index is 0.0428. The van der Waals surface area contributed by atoms with Crippen LogP contribution >= 0.6 is 22.9 Å². The molecular formula is C24H30ClN3O5S2. The number of ether oxygens (including phenoxy) is 2. The number of imidazole rings is 1. The van der Waals surface area contributed by atoms with Crippen LogP contribution in [0.4, 0.5) is 0 Å². The summed E-state index contributed by atoms with van der Waals surface area (Å²) in [6, 6.07) is 4.84. The monoisotopic (exact) mass is 539 g/mol. The van der Waals surface area contributed by atoms with E-state index in [1.165, 1.54) is 0 Å². The second-order valence-corrected chi connectivity index (χ2v) is 13.0. The molecule has 0 atom stereocenters. The van der Waals surface area contributed by atoms with Crippen LogP contribution < -0.4 is 4.72 Å². The van der Waals surface area contributed by atoms with Crippen molar-refractivity contribution < 1.29 is 23.0 Å². The molecule has 0 bridgehead atoms. The van der Waals surface area contributed by atoms with Crippen molar-refractivity contribution in [3.8, 4) is 11.3 Å². The lowest BCUT2D eigenvalue weighted by Gasteiger charge is -2.34. The first-order valence-electron chi connectivity index (χ1n) is 11.8. The number of aliphatic hydroxyl groups excluding tert-OH is 1. The third-order valence-electron chi connectivity index (χ3n) is 6.68. The van der Waals surface area contributed by atoms with Gasteiger partial charge < -0.3 is 14.6 Å². The fourth-order valence-electron chi connectivity index (χ4n) is 4.67. The van der Waals surface area contributed by atoms with Gasteiger partial charge in [-0.05, 0) is 58.6 Å². The second-order valence-electron chi connectivity index (χ2n) is 9.85. The molecule has 0 unspecified atom stereocenters. The highest BCUT2D eigenvalue weighted by Crippen LogP contribution is 2.38. The summed E-state index contributed by atoms with van der Waals surface area (Å²) in [6.07, 6.45) is 4.12. The van der Waals surface area contributed by atoms with E-state index in [1.807, 2.05) is 37.4 Å². The normalized spacial score (nSPS) is 22.0. The molecule has 2 aromatic heterocycles. The minimum Gasteiger partial charge on any atom is -0.393 e. The Hall–Kier alpha value is -1.53. The highest BCUT2D eigenvalue weighted by molar-refractivity contribution is 7.89. The van der Waals surface area contributed by atoms with E-state index in [4.69, 9.17) is 26.1 Å². The molecule has 2 N–H and O–H groups in total. The second kappa shape index (κ2) is 9.41. The van der Waals surface area contributed by atoms with Gasteiger partial charge in [0, 0.05) is 17.8 Å². The van der Waals surface area contributed by atoms with Gasteiger partial charge in [-0.2, -0.15) is 0 Å². The minimum atomic E-state index is -3.84. The van der Waals surface area contributed by atoms with Crippen LogP contribution in [0.1, 0.15) is 50.1 Å². The molecule has 1 saturated carbocycles. The molecule has 3 heterocycles. The average Bonchev–Trinajstić information content (AvgIpc) is 3.30. The van der Waals surface area contributed by atoms with Crippen molar-refractivity contribution in [3.63, 3.8) is 0 Å². The average molecular weight is 540 g/mol. The summed E-state index contributed by atoms with van der Waals surface area (Å²) in [5.74, 6) is 0. The lowest BCUT2D eigenvalue weighted by Crippen LogP contribution is -2.41. The Balaban J connectivity index is 1.47. The van der Waals surface area contributed by atoms with Crippen molar-refractivity contribution in [2.24, 2.45) is 0 Å². The number of rotatable bonds is 7. The Bertz CT molecular complexity index is 1340. The van der Waals surface area contributed by atoms with Gasteiger partial charge in [0.2, 0.25) is 10.0 Å². The number of aliphatic hydroxyl groups is 1. The third kappa shape index (κ3) is 5.02. The van der Waals surface area contributed by atoms with Crippen LogP contribution in [-0.2, 0) is 25.1 Å². The molecule has 3 aromatic rings. The molecule has 5 rings (SSSR count). The van der Waals surface area contributed by atoms with E-state index in [2.05, 4.69) is 4.72 Å². The lowest BCUT2D eigenvalue weighted by atomic mass is 9.94. The fraction of sp³-hybridized carbons (Fsp3) is 0.542. The van der Waals surface area contributed by atoms with E-state index in [1.54, 1.807) is 23.5 Å². The predicted molar refractivity (Wildman–Crippen MR) is 136 cm³/mol. The Kier molecular flexibility index (Phi) is 6.75. The molecule has 2 aliphatic rings. The zero-order valence-electron chi connectivity index (χ0n) is 20.0. The zero-order valence-corrected chi connectivity index (χ0v) is 22.3. The fourth-order valence-corrected chi connectivity index (χ4v) is 7.57. The van der Waals surface area contributed by atoms with Gasteiger partial charge in [0.05, 0.1) is 46.2 Å². The van der Waals surface area contributed by atoms with Gasteiger partial charge in [0.15, 0.2) is 4.96 Å². The van der Waals surface area contributed by atoms with Crippen LogP contribution in [-0.4, -0.2) is 54.4 Å². The summed E-state index contributed by atoms with van der Waals surface area (Å²) >= 11 is 7.92. The van der Waals surface area contributed by atoms with Crippen LogP contribution in [0.15, 0.2) is 29.3 Å². The number of sulfonamides is 1. The first kappa shape index (κ1) is 25.1. The quantitative estimate of drug-likeness (QED) is 0.465. The van der Waals surface area contributed by atoms with E-state index in [0.29, 0.717) is 44.5 Å². The number of aryl methyl sites for hydroxylation is 1. The topological polar surface area (TPSA) is 102 Å². The summed E-state index contributed by atoms with van der Waals surface area (Å²) in [7, 11) is -3.84. The van der Waals surface area contributed by atoms with Gasteiger partial charge in [-0.15, -0.1) is 0 Å². The van der Waals surface area contributed by atoms with Crippen molar-refractivity contribution in [2.75, 3.05) is 13.2 Å². The number of hydrogen-bond acceptors (Lipinski definition) is 7. The Morgan fingerprint density at radius 2 is 1.97 bits per heavy atom. The molecule has 1 saturated heterocycles. The molecule has 1 aliphatic carbocycles. The van der Waals surface area contributed by atoms with Gasteiger partial charge in [0.1, 0.15) is 11.0 Å². The van der Waals surface area contributed by atoms with Gasteiger partial charge in [0.25, 0.3) is 0 Å². The number of nitrogens with zero attached hydrogens (tertiary/aromatic N) is 2. The number of nitrogens with one attached hydrogen (secondary N) is 1. The number of fused-ring (bicyclic) bond motifs is 1. The maximum absolute atomic E-state index is 13.2. The molecule has 0 spiro atoms. The van der Waals surface area contributed by atoms with Crippen LogP contribution in [0.5, 0.6) is 0 Å². The van der Waals surface area contributed by atoms with Crippen molar-refractivity contribution in [1.82, 2.24) is 14.1 Å². The summed E-state index contributed by atoms with van der Waals surface area (Å²) < 4.78 is 42.7. The van der Waals surface area contributed by atoms with Crippen LogP contribution in [0.25, 0.3) is 16.2 Å². The van der Waals surface area contributed by atoms with Crippen LogP contribution in [0, 0.1) is 6.92 Å². The summed E-state index contributed by atoms with van der Waals surface area (Å²) in [5.41, 5.74) is 1.83. The first-order valence-corrected chi connectivity index (χ1v) is 14.5.